The number of rotatable bonds is 2. The SMILES string of the molecule is CCCN1c2ccccc2-c2c(cnc3nc4ccccc4n23)S1(=O)=O. The molecule has 7 heteroatoms. The highest BCUT2D eigenvalue weighted by Gasteiger charge is 2.36. The first-order valence-electron chi connectivity index (χ1n) is 8.51. The fraction of sp³-hybridized carbons (Fsp3) is 0.158. The molecule has 1 aliphatic heterocycles. The van der Waals surface area contributed by atoms with Crippen LogP contribution in [0.15, 0.2) is 59.6 Å². The lowest BCUT2D eigenvalue weighted by molar-refractivity contribution is 0.588. The lowest BCUT2D eigenvalue weighted by atomic mass is 10.1. The fourth-order valence-electron chi connectivity index (χ4n) is 3.63. The lowest BCUT2D eigenvalue weighted by Gasteiger charge is -2.31. The van der Waals surface area contributed by atoms with Crippen LogP contribution < -0.4 is 4.31 Å². The number of hydrogen-bond donors (Lipinski definition) is 0. The Morgan fingerprint density at radius 3 is 2.65 bits per heavy atom. The van der Waals surface area contributed by atoms with E-state index in [1.807, 2.05) is 59.9 Å². The van der Waals surface area contributed by atoms with Gasteiger partial charge in [0.2, 0.25) is 5.78 Å². The highest BCUT2D eigenvalue weighted by molar-refractivity contribution is 7.93. The zero-order valence-electron chi connectivity index (χ0n) is 14.1. The van der Waals surface area contributed by atoms with Crippen molar-refractivity contribution in [2.45, 2.75) is 18.2 Å². The van der Waals surface area contributed by atoms with Crippen LogP contribution in [0.3, 0.4) is 0 Å². The van der Waals surface area contributed by atoms with E-state index in [2.05, 4.69) is 9.97 Å². The van der Waals surface area contributed by atoms with Crippen LogP contribution in [-0.4, -0.2) is 29.3 Å². The monoisotopic (exact) mass is 364 g/mol. The predicted octanol–water partition coefficient (Wildman–Crippen LogP) is 3.47. The Balaban J connectivity index is 1.99. The van der Waals surface area contributed by atoms with E-state index in [4.69, 9.17) is 0 Å². The Morgan fingerprint density at radius 1 is 1.04 bits per heavy atom. The van der Waals surface area contributed by atoms with E-state index in [1.54, 1.807) is 0 Å². The summed E-state index contributed by atoms with van der Waals surface area (Å²) in [7, 11) is -3.67. The van der Waals surface area contributed by atoms with Gasteiger partial charge in [0.1, 0.15) is 4.90 Å². The molecule has 0 saturated carbocycles. The van der Waals surface area contributed by atoms with E-state index in [9.17, 15) is 8.42 Å². The number of fused-ring (bicyclic) bond motifs is 7. The maximum absolute atomic E-state index is 13.3. The van der Waals surface area contributed by atoms with Crippen molar-refractivity contribution in [3.8, 4) is 11.3 Å². The van der Waals surface area contributed by atoms with Crippen molar-refractivity contribution in [2.24, 2.45) is 0 Å². The average Bonchev–Trinajstić information content (AvgIpc) is 3.03. The van der Waals surface area contributed by atoms with Crippen LogP contribution in [0, 0.1) is 0 Å². The summed E-state index contributed by atoms with van der Waals surface area (Å²) in [6.07, 6.45) is 2.16. The van der Waals surface area contributed by atoms with Crippen molar-refractivity contribution in [2.75, 3.05) is 10.8 Å². The predicted molar refractivity (Wildman–Crippen MR) is 101 cm³/mol. The number of benzene rings is 2. The van der Waals surface area contributed by atoms with Crippen LogP contribution in [0.1, 0.15) is 13.3 Å². The molecule has 0 saturated heterocycles. The molecule has 1 aliphatic rings. The Morgan fingerprint density at radius 2 is 1.81 bits per heavy atom. The third-order valence-corrected chi connectivity index (χ3v) is 6.53. The molecule has 0 aliphatic carbocycles. The number of para-hydroxylation sites is 3. The van der Waals surface area contributed by atoms with Crippen molar-refractivity contribution < 1.29 is 8.42 Å². The summed E-state index contributed by atoms with van der Waals surface area (Å²) in [4.78, 5) is 9.11. The molecule has 2 aromatic heterocycles. The first-order chi connectivity index (χ1) is 12.6. The van der Waals surface area contributed by atoms with Crippen LogP contribution in [0.5, 0.6) is 0 Å². The second-order valence-electron chi connectivity index (χ2n) is 6.30. The summed E-state index contributed by atoms with van der Waals surface area (Å²) in [5, 5.41) is 0. The van der Waals surface area contributed by atoms with E-state index in [0.29, 0.717) is 23.7 Å². The van der Waals surface area contributed by atoms with Crippen LogP contribution in [0.25, 0.3) is 28.1 Å². The van der Waals surface area contributed by atoms with E-state index in [1.165, 1.54) is 10.5 Å². The molecule has 0 fully saturated rings. The third-order valence-electron chi connectivity index (χ3n) is 4.72. The first kappa shape index (κ1) is 15.3. The van der Waals surface area contributed by atoms with E-state index in [-0.39, 0.29) is 4.90 Å². The number of anilines is 1. The Labute approximate surface area is 150 Å². The van der Waals surface area contributed by atoms with Gasteiger partial charge in [-0.2, -0.15) is 0 Å². The summed E-state index contributed by atoms with van der Waals surface area (Å²) >= 11 is 0. The second kappa shape index (κ2) is 5.28. The van der Waals surface area contributed by atoms with Crippen LogP contribution >= 0.6 is 0 Å². The maximum atomic E-state index is 13.3. The summed E-state index contributed by atoms with van der Waals surface area (Å²) in [6.45, 7) is 2.40. The van der Waals surface area contributed by atoms with Gasteiger partial charge in [0.05, 0.1) is 28.6 Å². The molecule has 0 atom stereocenters. The topological polar surface area (TPSA) is 67.6 Å². The van der Waals surface area contributed by atoms with E-state index < -0.39 is 10.0 Å². The van der Waals surface area contributed by atoms with Crippen LogP contribution in [0.2, 0.25) is 0 Å². The van der Waals surface area contributed by atoms with Gasteiger partial charge in [-0.3, -0.25) is 8.71 Å². The molecule has 0 N–H and O–H groups in total. The van der Waals surface area contributed by atoms with Gasteiger partial charge in [-0.05, 0) is 24.6 Å². The summed E-state index contributed by atoms with van der Waals surface area (Å²) in [5.41, 5.74) is 3.85. The summed E-state index contributed by atoms with van der Waals surface area (Å²) in [5.74, 6) is 0.499. The largest absolute Gasteiger partial charge is 0.275 e. The molecular formula is C19H16N4O2S. The highest BCUT2D eigenvalue weighted by Crippen LogP contribution is 2.43. The Hall–Kier alpha value is -2.93. The number of nitrogens with zero attached hydrogens (tertiary/aromatic N) is 4. The molecule has 5 rings (SSSR count). The normalized spacial score (nSPS) is 15.2. The molecule has 2 aromatic carbocycles. The van der Waals surface area contributed by atoms with Gasteiger partial charge >= 0.3 is 0 Å². The first-order valence-corrected chi connectivity index (χ1v) is 9.95. The van der Waals surface area contributed by atoms with Gasteiger partial charge in [-0.25, -0.2) is 18.4 Å². The molecule has 26 heavy (non-hydrogen) atoms. The number of sulfonamides is 1. The van der Waals surface area contributed by atoms with Gasteiger partial charge in [-0.1, -0.05) is 37.3 Å². The zero-order valence-corrected chi connectivity index (χ0v) is 14.9. The Bertz CT molecular complexity index is 1280. The lowest BCUT2D eigenvalue weighted by Crippen LogP contribution is -2.35. The minimum absolute atomic E-state index is 0.223. The van der Waals surface area contributed by atoms with Gasteiger partial charge in [0.25, 0.3) is 10.0 Å². The standard InChI is InChI=1S/C19H16N4O2S/c1-2-11-22-15-9-5-3-7-13(15)18-17(26(22,24)25)12-20-19-21-14-8-4-6-10-16(14)23(18)19/h3-10,12H,2,11H2,1H3. The number of imidazole rings is 1. The van der Waals surface area contributed by atoms with Crippen molar-refractivity contribution in [1.29, 1.82) is 0 Å². The van der Waals surface area contributed by atoms with E-state index in [0.717, 1.165) is 23.0 Å². The smallest absolute Gasteiger partial charge is 0.268 e. The van der Waals surface area contributed by atoms with Gasteiger partial charge in [0.15, 0.2) is 0 Å². The number of hydrogen-bond acceptors (Lipinski definition) is 4. The van der Waals surface area contributed by atoms with Gasteiger partial charge in [0, 0.05) is 12.1 Å². The van der Waals surface area contributed by atoms with Gasteiger partial charge < -0.3 is 0 Å². The third kappa shape index (κ3) is 1.89. The highest BCUT2D eigenvalue weighted by atomic mass is 32.2. The molecule has 6 nitrogen and oxygen atoms in total. The van der Waals surface area contributed by atoms with Crippen LogP contribution in [0.4, 0.5) is 5.69 Å². The molecular weight excluding hydrogens is 348 g/mol. The molecule has 0 unspecified atom stereocenters. The number of aromatic nitrogens is 3. The maximum Gasteiger partial charge on any atom is 0.268 e. The van der Waals surface area contributed by atoms with Crippen molar-refractivity contribution >= 4 is 32.5 Å². The van der Waals surface area contributed by atoms with Crippen molar-refractivity contribution in [3.63, 3.8) is 0 Å². The second-order valence-corrected chi connectivity index (χ2v) is 8.13. The Kier molecular flexibility index (Phi) is 3.12. The molecule has 130 valence electrons. The quantitative estimate of drug-likeness (QED) is 0.546. The summed E-state index contributed by atoms with van der Waals surface area (Å²) in [6, 6.07) is 15.3. The molecule has 4 aromatic rings. The minimum Gasteiger partial charge on any atom is -0.275 e. The molecule has 0 bridgehead atoms. The van der Waals surface area contributed by atoms with Crippen LogP contribution in [-0.2, 0) is 10.0 Å². The van der Waals surface area contributed by atoms with Crippen molar-refractivity contribution in [1.82, 2.24) is 14.4 Å². The molecule has 0 radical (unpaired) electrons. The van der Waals surface area contributed by atoms with E-state index >= 15 is 0 Å². The molecule has 0 spiro atoms. The summed E-state index contributed by atoms with van der Waals surface area (Å²) < 4.78 is 30.0. The molecule has 3 heterocycles. The molecule has 0 amide bonds. The van der Waals surface area contributed by atoms with Crippen molar-refractivity contribution in [3.05, 3.63) is 54.7 Å². The zero-order chi connectivity index (χ0) is 17.9. The minimum atomic E-state index is -3.67. The fourth-order valence-corrected chi connectivity index (χ4v) is 5.34. The average molecular weight is 364 g/mol. The van der Waals surface area contributed by atoms with Gasteiger partial charge in [-0.15, -0.1) is 0 Å².